The van der Waals surface area contributed by atoms with Gasteiger partial charge in [-0.25, -0.2) is 0 Å². The highest BCUT2D eigenvalue weighted by molar-refractivity contribution is 5.93. The molecule has 0 bridgehead atoms. The quantitative estimate of drug-likeness (QED) is 0.917. The minimum atomic E-state index is 0.0566. The molecule has 0 radical (unpaired) electrons. The maximum Gasteiger partial charge on any atom is 0.271 e. The number of fused-ring (bicyclic) bond motifs is 1. The Morgan fingerprint density at radius 1 is 1.35 bits per heavy atom. The summed E-state index contributed by atoms with van der Waals surface area (Å²) in [6.07, 6.45) is 4.64. The van der Waals surface area contributed by atoms with Crippen molar-refractivity contribution in [1.82, 2.24) is 25.0 Å². The second kappa shape index (κ2) is 5.91. The molecule has 2 fully saturated rings. The summed E-state index contributed by atoms with van der Waals surface area (Å²) in [6, 6.07) is 5.64. The predicted octanol–water partition coefficient (Wildman–Crippen LogP) is 2.52. The van der Waals surface area contributed by atoms with Gasteiger partial charge >= 0.3 is 0 Å². The van der Waals surface area contributed by atoms with Gasteiger partial charge in [-0.05, 0) is 50.0 Å². The van der Waals surface area contributed by atoms with Crippen molar-refractivity contribution in [3.05, 3.63) is 36.3 Å². The number of nitrogens with one attached hydrogen (secondary N) is 1. The molecule has 138 valence electrons. The van der Waals surface area contributed by atoms with Gasteiger partial charge in [0, 0.05) is 43.0 Å². The molecule has 0 spiro atoms. The van der Waals surface area contributed by atoms with E-state index in [2.05, 4.69) is 48.0 Å². The highest BCUT2D eigenvalue weighted by Crippen LogP contribution is 2.62. The average Bonchev–Trinajstić information content (AvgIpc) is 3.18. The van der Waals surface area contributed by atoms with Gasteiger partial charge in [-0.2, -0.15) is 5.10 Å². The molecular formula is C20H27N5O. The third kappa shape index (κ3) is 2.72. The molecule has 2 aromatic heterocycles. The molecule has 0 aromatic carbocycles. The normalized spacial score (nSPS) is 26.7. The summed E-state index contributed by atoms with van der Waals surface area (Å²) in [5, 5.41) is 7.25. The van der Waals surface area contributed by atoms with Crippen LogP contribution in [0.5, 0.6) is 0 Å². The van der Waals surface area contributed by atoms with Gasteiger partial charge < -0.3 is 9.80 Å². The Morgan fingerprint density at radius 2 is 2.08 bits per heavy atom. The first-order valence-corrected chi connectivity index (χ1v) is 9.21. The lowest BCUT2D eigenvalue weighted by molar-refractivity contribution is -0.0789. The molecule has 3 heterocycles. The van der Waals surface area contributed by atoms with Gasteiger partial charge in [0.2, 0.25) is 0 Å². The van der Waals surface area contributed by atoms with Crippen LogP contribution in [0.15, 0.2) is 30.6 Å². The Hall–Kier alpha value is -2.21. The van der Waals surface area contributed by atoms with Crippen molar-refractivity contribution in [1.29, 1.82) is 0 Å². The van der Waals surface area contributed by atoms with Gasteiger partial charge in [0.15, 0.2) is 0 Å². The monoisotopic (exact) mass is 353 g/mol. The molecular weight excluding hydrogens is 326 g/mol. The smallest absolute Gasteiger partial charge is 0.271 e. The number of carbonyl (C=O) groups is 1. The number of H-pyrrole nitrogens is 1. The van der Waals surface area contributed by atoms with E-state index in [0.717, 1.165) is 30.9 Å². The summed E-state index contributed by atoms with van der Waals surface area (Å²) in [5.74, 6) is 0.616. The second-order valence-electron chi connectivity index (χ2n) is 8.91. The van der Waals surface area contributed by atoms with Crippen molar-refractivity contribution in [3.63, 3.8) is 0 Å². The lowest BCUT2D eigenvalue weighted by Gasteiger charge is -2.57. The minimum absolute atomic E-state index is 0.0566. The van der Waals surface area contributed by atoms with Crippen LogP contribution in [0.2, 0.25) is 0 Å². The number of pyridine rings is 1. The van der Waals surface area contributed by atoms with Crippen molar-refractivity contribution >= 4 is 5.91 Å². The molecule has 1 aliphatic heterocycles. The number of carbonyl (C=O) groups excluding carboxylic acids is 1. The van der Waals surface area contributed by atoms with Gasteiger partial charge in [-0.15, -0.1) is 0 Å². The van der Waals surface area contributed by atoms with E-state index in [9.17, 15) is 4.79 Å². The third-order valence-electron chi connectivity index (χ3n) is 6.10. The van der Waals surface area contributed by atoms with E-state index in [1.807, 2.05) is 23.1 Å². The fourth-order valence-corrected chi connectivity index (χ4v) is 5.40. The van der Waals surface area contributed by atoms with Gasteiger partial charge in [0.1, 0.15) is 5.69 Å². The zero-order valence-electron chi connectivity index (χ0n) is 16.0. The lowest BCUT2D eigenvalue weighted by Crippen LogP contribution is -2.57. The molecule has 2 aromatic rings. The number of rotatable bonds is 4. The Bertz CT molecular complexity index is 809. The molecule has 2 aliphatic rings. The van der Waals surface area contributed by atoms with E-state index < -0.39 is 0 Å². The second-order valence-corrected chi connectivity index (χ2v) is 8.91. The summed E-state index contributed by atoms with van der Waals surface area (Å²) in [7, 11) is 4.25. The largest absolute Gasteiger partial charge is 0.336 e. The number of likely N-dealkylation sites (tertiary alicyclic amines) is 1. The fourth-order valence-electron chi connectivity index (χ4n) is 5.40. The zero-order valence-corrected chi connectivity index (χ0v) is 16.0. The van der Waals surface area contributed by atoms with Gasteiger partial charge in [-0.3, -0.25) is 14.9 Å². The van der Waals surface area contributed by atoms with E-state index >= 15 is 0 Å². The van der Waals surface area contributed by atoms with Gasteiger partial charge in [0.25, 0.3) is 5.91 Å². The number of aromatic nitrogens is 3. The number of aromatic amines is 1. The van der Waals surface area contributed by atoms with Crippen molar-refractivity contribution in [3.8, 4) is 11.3 Å². The Balaban J connectivity index is 1.54. The van der Waals surface area contributed by atoms with Crippen LogP contribution >= 0.6 is 0 Å². The number of hydrogen-bond acceptors (Lipinski definition) is 4. The molecule has 1 saturated carbocycles. The zero-order chi connectivity index (χ0) is 18.5. The van der Waals surface area contributed by atoms with Gasteiger partial charge in [0.05, 0.1) is 5.69 Å². The highest BCUT2D eigenvalue weighted by Gasteiger charge is 2.63. The molecule has 1 N–H and O–H groups in total. The summed E-state index contributed by atoms with van der Waals surface area (Å²) in [5.41, 5.74) is 2.84. The first-order chi connectivity index (χ1) is 12.3. The Morgan fingerprint density at radius 3 is 2.73 bits per heavy atom. The summed E-state index contributed by atoms with van der Waals surface area (Å²) in [6.45, 7) is 7.37. The van der Waals surface area contributed by atoms with Crippen LogP contribution in [0.4, 0.5) is 0 Å². The summed E-state index contributed by atoms with van der Waals surface area (Å²) < 4.78 is 0. The molecule has 1 saturated heterocycles. The minimum Gasteiger partial charge on any atom is -0.336 e. The molecule has 1 aliphatic carbocycles. The number of nitrogens with zero attached hydrogens (tertiary/aromatic N) is 4. The molecule has 1 amide bonds. The molecule has 2 atom stereocenters. The van der Waals surface area contributed by atoms with Crippen molar-refractivity contribution in [2.24, 2.45) is 16.7 Å². The SMILES string of the molecule is CN(C)C[C@@]12CN(C(=O)c3cc(-c4ccncc4)n[nH]3)C[C@@H]1C(C)(C)C2. The van der Waals surface area contributed by atoms with Crippen molar-refractivity contribution < 1.29 is 4.79 Å². The molecule has 6 nitrogen and oxygen atoms in total. The fraction of sp³-hybridized carbons (Fsp3) is 0.550. The lowest BCUT2D eigenvalue weighted by atomic mass is 9.48. The highest BCUT2D eigenvalue weighted by atomic mass is 16.2. The topological polar surface area (TPSA) is 65.1 Å². The first kappa shape index (κ1) is 17.2. The van der Waals surface area contributed by atoms with E-state index in [-0.39, 0.29) is 11.3 Å². The van der Waals surface area contributed by atoms with Crippen molar-refractivity contribution in [2.75, 3.05) is 33.7 Å². The Kier molecular flexibility index (Phi) is 3.91. The summed E-state index contributed by atoms with van der Waals surface area (Å²) in [4.78, 5) is 21.4. The Labute approximate surface area is 154 Å². The van der Waals surface area contributed by atoms with E-state index in [1.54, 1.807) is 12.4 Å². The van der Waals surface area contributed by atoms with Crippen molar-refractivity contribution in [2.45, 2.75) is 20.3 Å². The van der Waals surface area contributed by atoms with Crippen LogP contribution in [0.25, 0.3) is 11.3 Å². The maximum atomic E-state index is 13.1. The van der Waals surface area contributed by atoms with Crippen LogP contribution in [-0.4, -0.2) is 64.6 Å². The van der Waals surface area contributed by atoms with E-state index in [1.165, 1.54) is 6.42 Å². The van der Waals surface area contributed by atoms with Crippen LogP contribution < -0.4 is 0 Å². The van der Waals surface area contributed by atoms with Crippen LogP contribution in [0.1, 0.15) is 30.8 Å². The maximum absolute atomic E-state index is 13.1. The predicted molar refractivity (Wildman–Crippen MR) is 101 cm³/mol. The number of amides is 1. The van der Waals surface area contributed by atoms with E-state index in [0.29, 0.717) is 17.0 Å². The molecule has 26 heavy (non-hydrogen) atoms. The third-order valence-corrected chi connectivity index (χ3v) is 6.10. The molecule has 6 heteroatoms. The standard InChI is InChI=1S/C20H27N5O/c1-19(2)11-20(12-24(3)4)13-25(10-17(19)20)18(26)16-9-15(22-23-16)14-5-7-21-8-6-14/h5-9,17H,10-13H2,1-4H3,(H,22,23)/t17-,20+/m1/s1. The molecule has 4 rings (SSSR count). The average molecular weight is 353 g/mol. The number of hydrogen-bond donors (Lipinski definition) is 1. The summed E-state index contributed by atoms with van der Waals surface area (Å²) >= 11 is 0. The van der Waals surface area contributed by atoms with Crippen LogP contribution in [-0.2, 0) is 0 Å². The first-order valence-electron chi connectivity index (χ1n) is 9.21. The van der Waals surface area contributed by atoms with Crippen LogP contribution in [0, 0.1) is 16.7 Å². The molecule has 0 unspecified atom stereocenters. The van der Waals surface area contributed by atoms with E-state index in [4.69, 9.17) is 0 Å². The van der Waals surface area contributed by atoms with Gasteiger partial charge in [-0.1, -0.05) is 13.8 Å². The van der Waals surface area contributed by atoms with Crippen LogP contribution in [0.3, 0.4) is 0 Å².